The van der Waals surface area contributed by atoms with Crippen molar-refractivity contribution in [1.29, 1.82) is 0 Å². The summed E-state index contributed by atoms with van der Waals surface area (Å²) in [6.07, 6.45) is 2.19. The van der Waals surface area contributed by atoms with E-state index in [0.29, 0.717) is 11.1 Å². The second-order valence-corrected chi connectivity index (χ2v) is 3.96. The molecule has 1 rings (SSSR count). The van der Waals surface area contributed by atoms with Crippen molar-refractivity contribution < 1.29 is 0 Å². The van der Waals surface area contributed by atoms with Crippen LogP contribution in [-0.4, -0.2) is 17.6 Å². The maximum Gasteiger partial charge on any atom is 0.200 e. The van der Waals surface area contributed by atoms with Gasteiger partial charge < -0.3 is 16.4 Å². The van der Waals surface area contributed by atoms with Crippen LogP contribution in [0.1, 0.15) is 19.8 Å². The number of nitrogens with one attached hydrogen (secondary N) is 2. The second kappa shape index (κ2) is 7.62. The van der Waals surface area contributed by atoms with Crippen molar-refractivity contribution in [1.82, 2.24) is 5.32 Å². The van der Waals surface area contributed by atoms with Crippen LogP contribution in [0.2, 0.25) is 0 Å². The predicted octanol–water partition coefficient (Wildman–Crippen LogP) is 2.09. The standard InChI is InChI=1S/C12H18N4S/c1-2-3-9-14-12(17)16-11(13)15-10-7-5-4-6-8-10/h4-8H,2-3,9H2,1H3,(H4,13,14,15,16,17). The molecule has 0 aliphatic rings. The number of benzene rings is 1. The van der Waals surface area contributed by atoms with Crippen molar-refractivity contribution in [2.24, 2.45) is 10.7 Å². The minimum absolute atomic E-state index is 0.296. The third-order valence-corrected chi connectivity index (χ3v) is 2.31. The van der Waals surface area contributed by atoms with E-state index in [4.69, 9.17) is 18.0 Å². The number of guanidine groups is 1. The Morgan fingerprint density at radius 3 is 2.71 bits per heavy atom. The molecule has 1 aromatic carbocycles. The van der Waals surface area contributed by atoms with Crippen molar-refractivity contribution in [2.45, 2.75) is 19.8 Å². The van der Waals surface area contributed by atoms with E-state index in [0.717, 1.165) is 25.1 Å². The summed E-state index contributed by atoms with van der Waals surface area (Å²) in [5.74, 6) is 0.296. The number of anilines is 1. The van der Waals surface area contributed by atoms with Gasteiger partial charge in [0.05, 0.1) is 0 Å². The molecule has 0 unspecified atom stereocenters. The molecule has 0 amide bonds. The van der Waals surface area contributed by atoms with Gasteiger partial charge in [-0.25, -0.2) is 0 Å². The van der Waals surface area contributed by atoms with Gasteiger partial charge in [-0.05, 0) is 30.8 Å². The van der Waals surface area contributed by atoms with Gasteiger partial charge in [-0.1, -0.05) is 31.5 Å². The molecular weight excluding hydrogens is 232 g/mol. The SMILES string of the molecule is CCCCNC(=S)/N=C(\N)Nc1ccccc1. The number of aliphatic imine (C=N–C) groups is 1. The van der Waals surface area contributed by atoms with Gasteiger partial charge in [0, 0.05) is 12.2 Å². The molecule has 0 aromatic heterocycles. The van der Waals surface area contributed by atoms with Gasteiger partial charge in [0.25, 0.3) is 0 Å². The smallest absolute Gasteiger partial charge is 0.200 e. The first-order valence-corrected chi connectivity index (χ1v) is 6.07. The number of nitrogens with zero attached hydrogens (tertiary/aromatic N) is 1. The number of unbranched alkanes of at least 4 members (excludes halogenated alkanes) is 1. The quantitative estimate of drug-likeness (QED) is 0.331. The van der Waals surface area contributed by atoms with Crippen LogP contribution in [0.15, 0.2) is 35.3 Å². The first-order valence-electron chi connectivity index (χ1n) is 5.66. The van der Waals surface area contributed by atoms with Crippen LogP contribution in [0, 0.1) is 0 Å². The van der Waals surface area contributed by atoms with Gasteiger partial charge in [0.1, 0.15) is 0 Å². The van der Waals surface area contributed by atoms with Crippen molar-refractivity contribution in [3.8, 4) is 0 Å². The largest absolute Gasteiger partial charge is 0.369 e. The number of thiocarbonyl (C=S) groups is 1. The maximum absolute atomic E-state index is 5.72. The lowest BCUT2D eigenvalue weighted by Gasteiger charge is -2.06. The summed E-state index contributed by atoms with van der Waals surface area (Å²) < 4.78 is 0. The Kier molecular flexibility index (Phi) is 6.03. The maximum atomic E-state index is 5.72. The Morgan fingerprint density at radius 1 is 1.35 bits per heavy atom. The first-order chi connectivity index (χ1) is 8.22. The summed E-state index contributed by atoms with van der Waals surface area (Å²) in [7, 11) is 0. The van der Waals surface area contributed by atoms with E-state index in [1.165, 1.54) is 0 Å². The summed E-state index contributed by atoms with van der Waals surface area (Å²) in [5, 5.41) is 6.40. The van der Waals surface area contributed by atoms with Gasteiger partial charge in [0.15, 0.2) is 5.11 Å². The van der Waals surface area contributed by atoms with E-state index >= 15 is 0 Å². The highest BCUT2D eigenvalue weighted by Crippen LogP contribution is 2.03. The molecule has 0 bridgehead atoms. The molecule has 1 aromatic rings. The minimum atomic E-state index is 0.296. The number of hydrogen-bond donors (Lipinski definition) is 3. The zero-order valence-corrected chi connectivity index (χ0v) is 10.8. The number of para-hydroxylation sites is 1. The molecule has 0 atom stereocenters. The van der Waals surface area contributed by atoms with E-state index in [1.807, 2.05) is 30.3 Å². The van der Waals surface area contributed by atoms with Gasteiger partial charge in [-0.2, -0.15) is 4.99 Å². The van der Waals surface area contributed by atoms with Gasteiger partial charge in [-0.15, -0.1) is 0 Å². The van der Waals surface area contributed by atoms with Gasteiger partial charge in [0.2, 0.25) is 5.96 Å². The average molecular weight is 250 g/mol. The Balaban J connectivity index is 2.41. The Bertz CT molecular complexity index is 375. The second-order valence-electron chi connectivity index (χ2n) is 3.57. The average Bonchev–Trinajstić information content (AvgIpc) is 2.30. The molecule has 5 heteroatoms. The highest BCUT2D eigenvalue weighted by atomic mass is 32.1. The molecular formula is C12H18N4S. The summed E-state index contributed by atoms with van der Waals surface area (Å²) in [6, 6.07) is 9.61. The van der Waals surface area contributed by atoms with E-state index in [-0.39, 0.29) is 0 Å². The van der Waals surface area contributed by atoms with E-state index in [1.54, 1.807) is 0 Å². The van der Waals surface area contributed by atoms with Gasteiger partial charge >= 0.3 is 0 Å². The molecule has 0 saturated heterocycles. The van der Waals surface area contributed by atoms with Crippen LogP contribution in [0.25, 0.3) is 0 Å². The molecule has 0 saturated carbocycles. The molecule has 0 spiro atoms. The topological polar surface area (TPSA) is 62.4 Å². The van der Waals surface area contributed by atoms with Crippen LogP contribution in [0.3, 0.4) is 0 Å². The molecule has 92 valence electrons. The number of rotatable bonds is 4. The molecule has 17 heavy (non-hydrogen) atoms. The highest BCUT2D eigenvalue weighted by molar-refractivity contribution is 7.80. The summed E-state index contributed by atoms with van der Waals surface area (Å²) >= 11 is 5.04. The van der Waals surface area contributed by atoms with E-state index < -0.39 is 0 Å². The molecule has 0 fully saturated rings. The van der Waals surface area contributed by atoms with Crippen molar-refractivity contribution in [2.75, 3.05) is 11.9 Å². The Morgan fingerprint density at radius 2 is 2.06 bits per heavy atom. The number of hydrogen-bond acceptors (Lipinski definition) is 1. The molecule has 4 nitrogen and oxygen atoms in total. The fourth-order valence-corrected chi connectivity index (χ4v) is 1.42. The summed E-state index contributed by atoms with van der Waals surface area (Å²) in [6.45, 7) is 2.96. The third kappa shape index (κ3) is 5.87. The number of nitrogens with two attached hydrogens (primary N) is 1. The third-order valence-electron chi connectivity index (χ3n) is 2.07. The molecule has 0 heterocycles. The van der Waals surface area contributed by atoms with Crippen molar-refractivity contribution in [3.63, 3.8) is 0 Å². The van der Waals surface area contributed by atoms with E-state index in [2.05, 4.69) is 22.5 Å². The van der Waals surface area contributed by atoms with Crippen LogP contribution >= 0.6 is 12.2 Å². The van der Waals surface area contributed by atoms with Crippen LogP contribution in [0.5, 0.6) is 0 Å². The fraction of sp³-hybridized carbons (Fsp3) is 0.333. The Hall–Kier alpha value is -1.62. The molecule has 0 radical (unpaired) electrons. The van der Waals surface area contributed by atoms with Crippen LogP contribution in [0.4, 0.5) is 5.69 Å². The lowest BCUT2D eigenvalue weighted by Crippen LogP contribution is -2.28. The predicted molar refractivity (Wildman–Crippen MR) is 77.2 cm³/mol. The van der Waals surface area contributed by atoms with Crippen molar-refractivity contribution in [3.05, 3.63) is 30.3 Å². The lowest BCUT2D eigenvalue weighted by molar-refractivity contribution is 0.756. The minimum Gasteiger partial charge on any atom is -0.369 e. The zero-order chi connectivity index (χ0) is 12.5. The monoisotopic (exact) mass is 250 g/mol. The van der Waals surface area contributed by atoms with Crippen LogP contribution in [-0.2, 0) is 0 Å². The highest BCUT2D eigenvalue weighted by Gasteiger charge is 1.96. The summed E-state index contributed by atoms with van der Waals surface area (Å²) in [4.78, 5) is 4.05. The normalized spacial score (nSPS) is 11.0. The van der Waals surface area contributed by atoms with Crippen LogP contribution < -0.4 is 16.4 Å². The van der Waals surface area contributed by atoms with Gasteiger partial charge in [-0.3, -0.25) is 0 Å². The zero-order valence-electron chi connectivity index (χ0n) is 9.94. The molecule has 4 N–H and O–H groups in total. The molecule has 0 aliphatic heterocycles. The molecule has 0 aliphatic carbocycles. The van der Waals surface area contributed by atoms with E-state index in [9.17, 15) is 0 Å². The lowest BCUT2D eigenvalue weighted by atomic mass is 10.3. The Labute approximate surface area is 107 Å². The van der Waals surface area contributed by atoms with Crippen molar-refractivity contribution >= 4 is 29.0 Å². The fourth-order valence-electron chi connectivity index (χ4n) is 1.22. The first kappa shape index (κ1) is 13.4. The summed E-state index contributed by atoms with van der Waals surface area (Å²) in [5.41, 5.74) is 6.62.